The number of nitrogens with zero attached hydrogens (tertiary/aromatic N) is 1. The second kappa shape index (κ2) is 6.52. The fraction of sp³-hybridized carbons (Fsp3) is 0.235. The van der Waals surface area contributed by atoms with Gasteiger partial charge in [-0.2, -0.15) is 0 Å². The second-order valence-electron chi connectivity index (χ2n) is 6.28. The lowest BCUT2D eigenvalue weighted by Gasteiger charge is -2.22. The number of carboxylic acids is 1. The number of phenols is 1. The highest BCUT2D eigenvalue weighted by Gasteiger charge is 2.24. The zero-order valence-corrected chi connectivity index (χ0v) is 14.3. The van der Waals surface area contributed by atoms with E-state index in [-0.39, 0.29) is 17.0 Å². The number of nitro groups is 1. The van der Waals surface area contributed by atoms with Gasteiger partial charge in [0, 0.05) is 27.5 Å². The molecule has 0 aliphatic heterocycles. The number of benzene rings is 2. The summed E-state index contributed by atoms with van der Waals surface area (Å²) in [4.78, 5) is 23.0. The van der Waals surface area contributed by atoms with Gasteiger partial charge in [-0.3, -0.25) is 10.1 Å². The number of hydrogen-bond acceptors (Lipinski definition) is 5. The van der Waals surface area contributed by atoms with Gasteiger partial charge in [-0.15, -0.1) is 0 Å². The van der Waals surface area contributed by atoms with E-state index in [0.717, 1.165) is 4.90 Å². The standard InChI is InChI=1S/C17H17NO5S/c1-17(2,3)14-9-12(8-13(15(14)19)16(20)21)24-11-6-4-10(5-7-11)18(22)23/h4-9,19H,1-3H3,(H,20,21). The lowest BCUT2D eigenvalue weighted by atomic mass is 9.85. The molecule has 2 rings (SSSR count). The fourth-order valence-electron chi connectivity index (χ4n) is 2.17. The molecule has 0 heterocycles. The normalized spacial score (nSPS) is 11.3. The van der Waals surface area contributed by atoms with Crippen LogP contribution in [-0.4, -0.2) is 21.1 Å². The summed E-state index contributed by atoms with van der Waals surface area (Å²) < 4.78 is 0. The Morgan fingerprint density at radius 2 is 1.71 bits per heavy atom. The molecule has 2 aromatic rings. The summed E-state index contributed by atoms with van der Waals surface area (Å²) in [7, 11) is 0. The van der Waals surface area contributed by atoms with E-state index in [1.165, 1.54) is 30.0 Å². The van der Waals surface area contributed by atoms with Gasteiger partial charge in [0.15, 0.2) is 0 Å². The minimum absolute atomic E-state index is 0.00772. The van der Waals surface area contributed by atoms with Crippen molar-refractivity contribution >= 4 is 23.4 Å². The van der Waals surface area contributed by atoms with Crippen LogP contribution in [0, 0.1) is 10.1 Å². The van der Waals surface area contributed by atoms with Crippen LogP contribution in [0.2, 0.25) is 0 Å². The number of aromatic carboxylic acids is 1. The third kappa shape index (κ3) is 3.86. The second-order valence-corrected chi connectivity index (χ2v) is 7.42. The molecule has 0 atom stereocenters. The van der Waals surface area contributed by atoms with E-state index in [2.05, 4.69) is 0 Å². The first-order chi connectivity index (χ1) is 11.1. The first-order valence-electron chi connectivity index (χ1n) is 7.12. The van der Waals surface area contributed by atoms with Gasteiger partial charge in [-0.1, -0.05) is 32.5 Å². The lowest BCUT2D eigenvalue weighted by Crippen LogP contribution is -2.13. The van der Waals surface area contributed by atoms with Crippen molar-refractivity contribution in [2.75, 3.05) is 0 Å². The van der Waals surface area contributed by atoms with Gasteiger partial charge in [0.2, 0.25) is 0 Å². The number of carboxylic acid groups (broad SMARTS) is 1. The molecule has 0 saturated carbocycles. The molecule has 0 bridgehead atoms. The first kappa shape index (κ1) is 17.8. The smallest absolute Gasteiger partial charge is 0.339 e. The molecule has 2 aromatic carbocycles. The summed E-state index contributed by atoms with van der Waals surface area (Å²) in [5, 5.41) is 30.2. The molecule has 6 nitrogen and oxygen atoms in total. The zero-order valence-electron chi connectivity index (χ0n) is 13.4. The van der Waals surface area contributed by atoms with Gasteiger partial charge in [0.05, 0.1) is 4.92 Å². The Bertz CT molecular complexity index is 794. The van der Waals surface area contributed by atoms with Crippen LogP contribution in [0.5, 0.6) is 5.75 Å². The average Bonchev–Trinajstić information content (AvgIpc) is 2.48. The van der Waals surface area contributed by atoms with Gasteiger partial charge >= 0.3 is 5.97 Å². The van der Waals surface area contributed by atoms with Crippen molar-refractivity contribution < 1.29 is 19.9 Å². The van der Waals surface area contributed by atoms with E-state index in [4.69, 9.17) is 0 Å². The molecule has 0 aliphatic carbocycles. The van der Waals surface area contributed by atoms with E-state index in [0.29, 0.717) is 10.5 Å². The third-order valence-electron chi connectivity index (χ3n) is 3.41. The van der Waals surface area contributed by atoms with E-state index in [1.54, 1.807) is 18.2 Å². The molecule has 0 fully saturated rings. The van der Waals surface area contributed by atoms with E-state index in [9.17, 15) is 25.1 Å². The lowest BCUT2D eigenvalue weighted by molar-refractivity contribution is -0.384. The highest BCUT2D eigenvalue weighted by atomic mass is 32.2. The summed E-state index contributed by atoms with van der Waals surface area (Å²) in [5.41, 5.74) is -0.0642. The molecule has 7 heteroatoms. The Labute approximate surface area is 143 Å². The van der Waals surface area contributed by atoms with Crippen molar-refractivity contribution in [1.82, 2.24) is 0 Å². The van der Waals surface area contributed by atoms with Crippen LogP contribution in [0.3, 0.4) is 0 Å². The number of non-ortho nitro benzene ring substituents is 1. The Hall–Kier alpha value is -2.54. The van der Waals surface area contributed by atoms with Gasteiger partial charge < -0.3 is 10.2 Å². The Kier molecular flexibility index (Phi) is 4.84. The largest absolute Gasteiger partial charge is 0.507 e. The molecule has 0 aromatic heterocycles. The summed E-state index contributed by atoms with van der Waals surface area (Å²) in [6, 6.07) is 9.14. The van der Waals surface area contributed by atoms with Crippen LogP contribution < -0.4 is 0 Å². The molecular weight excluding hydrogens is 330 g/mol. The summed E-state index contributed by atoms with van der Waals surface area (Å²) >= 11 is 1.28. The van der Waals surface area contributed by atoms with Crippen molar-refractivity contribution in [3.05, 3.63) is 57.6 Å². The van der Waals surface area contributed by atoms with Crippen LogP contribution in [0.1, 0.15) is 36.7 Å². The highest BCUT2D eigenvalue weighted by molar-refractivity contribution is 7.99. The maximum Gasteiger partial charge on any atom is 0.339 e. The predicted molar refractivity (Wildman–Crippen MR) is 91.0 cm³/mol. The van der Waals surface area contributed by atoms with E-state index < -0.39 is 16.3 Å². The average molecular weight is 347 g/mol. The molecule has 0 amide bonds. The number of hydrogen-bond donors (Lipinski definition) is 2. The number of rotatable bonds is 4. The minimum Gasteiger partial charge on any atom is -0.507 e. The molecule has 126 valence electrons. The minimum atomic E-state index is -1.20. The van der Waals surface area contributed by atoms with Gasteiger partial charge in [0.25, 0.3) is 5.69 Å². The summed E-state index contributed by atoms with van der Waals surface area (Å²) in [5.74, 6) is -1.44. The quantitative estimate of drug-likeness (QED) is 0.626. The maximum atomic E-state index is 11.4. The van der Waals surface area contributed by atoms with Crippen LogP contribution in [0.25, 0.3) is 0 Å². The Morgan fingerprint density at radius 3 is 2.17 bits per heavy atom. The monoisotopic (exact) mass is 347 g/mol. The van der Waals surface area contributed by atoms with Crippen molar-refractivity contribution in [2.24, 2.45) is 0 Å². The zero-order chi connectivity index (χ0) is 18.1. The third-order valence-corrected chi connectivity index (χ3v) is 4.38. The number of nitro benzene ring substituents is 1. The number of aromatic hydroxyl groups is 1. The maximum absolute atomic E-state index is 11.4. The predicted octanol–water partition coefficient (Wildman–Crippen LogP) is 4.45. The summed E-state index contributed by atoms with van der Waals surface area (Å²) in [6.07, 6.45) is 0. The molecule has 0 spiro atoms. The number of carbonyl (C=O) groups is 1. The summed E-state index contributed by atoms with van der Waals surface area (Å²) in [6.45, 7) is 5.65. The molecule has 0 aliphatic rings. The van der Waals surface area contributed by atoms with Crippen molar-refractivity contribution in [3.63, 3.8) is 0 Å². The molecule has 0 radical (unpaired) electrons. The van der Waals surface area contributed by atoms with Gasteiger partial charge in [-0.05, 0) is 29.7 Å². The topological polar surface area (TPSA) is 101 Å². The molecule has 2 N–H and O–H groups in total. The molecule has 0 saturated heterocycles. The van der Waals surface area contributed by atoms with E-state index in [1.807, 2.05) is 20.8 Å². The van der Waals surface area contributed by atoms with Crippen molar-refractivity contribution in [1.29, 1.82) is 0 Å². The van der Waals surface area contributed by atoms with E-state index >= 15 is 0 Å². The highest BCUT2D eigenvalue weighted by Crippen LogP contribution is 2.39. The SMILES string of the molecule is CC(C)(C)c1cc(Sc2ccc([N+](=O)[O-])cc2)cc(C(=O)O)c1O. The Morgan fingerprint density at radius 1 is 1.12 bits per heavy atom. The molecule has 24 heavy (non-hydrogen) atoms. The van der Waals surface area contributed by atoms with Gasteiger partial charge in [-0.25, -0.2) is 4.79 Å². The first-order valence-corrected chi connectivity index (χ1v) is 7.94. The molecular formula is C17H17NO5S. The van der Waals surface area contributed by atoms with Crippen LogP contribution >= 0.6 is 11.8 Å². The Balaban J connectivity index is 2.44. The van der Waals surface area contributed by atoms with Crippen molar-refractivity contribution in [3.8, 4) is 5.75 Å². The fourth-order valence-corrected chi connectivity index (χ4v) is 3.07. The van der Waals surface area contributed by atoms with Gasteiger partial charge in [0.1, 0.15) is 11.3 Å². The molecule has 0 unspecified atom stereocenters. The van der Waals surface area contributed by atoms with Crippen molar-refractivity contribution in [2.45, 2.75) is 36.0 Å². The van der Waals surface area contributed by atoms with Crippen LogP contribution in [0.4, 0.5) is 5.69 Å². The van der Waals surface area contributed by atoms with Crippen LogP contribution in [-0.2, 0) is 5.41 Å². The van der Waals surface area contributed by atoms with Crippen LogP contribution in [0.15, 0.2) is 46.2 Å².